The van der Waals surface area contributed by atoms with Gasteiger partial charge in [0.2, 0.25) is 0 Å². The highest BCUT2D eigenvalue weighted by molar-refractivity contribution is 8.18. The van der Waals surface area contributed by atoms with Gasteiger partial charge in [0, 0.05) is 11.6 Å². The number of phenolic OH excluding ortho intramolecular Hbond substituents is 1. The minimum Gasteiger partial charge on any atom is -0.506 e. The number of hydrogen-bond acceptors (Lipinski definition) is 4. The molecule has 1 aliphatic heterocycles. The van der Waals surface area contributed by atoms with Crippen molar-refractivity contribution in [3.8, 4) is 5.75 Å². The number of carbonyl (C=O) groups excluding carboxylic acids is 1. The van der Waals surface area contributed by atoms with Crippen LogP contribution >= 0.6 is 35.0 Å². The van der Waals surface area contributed by atoms with Gasteiger partial charge in [-0.1, -0.05) is 43.1 Å². The standard InChI is InChI=1S/C20H18Cl2N2O2S/c1-12(2)11-24-19(26)18(10-13-3-8-17(25)16(22)9-13)27-20(24)23-15-6-4-14(21)5-7-15/h3-10,12,25H,11H2,1-2H3/b18-10-,23-20?. The lowest BCUT2D eigenvalue weighted by molar-refractivity contribution is -0.122. The molecule has 27 heavy (non-hydrogen) atoms. The third kappa shape index (κ3) is 4.86. The summed E-state index contributed by atoms with van der Waals surface area (Å²) in [5, 5.41) is 11.1. The number of amides is 1. The smallest absolute Gasteiger partial charge is 0.266 e. The van der Waals surface area contributed by atoms with Crippen LogP contribution in [-0.4, -0.2) is 27.6 Å². The van der Waals surface area contributed by atoms with Crippen LogP contribution in [-0.2, 0) is 4.79 Å². The number of thioether (sulfide) groups is 1. The van der Waals surface area contributed by atoms with E-state index in [-0.39, 0.29) is 16.7 Å². The van der Waals surface area contributed by atoms with Gasteiger partial charge < -0.3 is 5.11 Å². The average molecular weight is 421 g/mol. The number of amidine groups is 1. The topological polar surface area (TPSA) is 52.9 Å². The van der Waals surface area contributed by atoms with Crippen molar-refractivity contribution in [2.24, 2.45) is 10.9 Å². The summed E-state index contributed by atoms with van der Waals surface area (Å²) < 4.78 is 0. The van der Waals surface area contributed by atoms with Crippen LogP contribution in [0, 0.1) is 5.92 Å². The Morgan fingerprint density at radius 2 is 1.89 bits per heavy atom. The normalized spacial score (nSPS) is 17.5. The second-order valence-electron chi connectivity index (χ2n) is 6.50. The second-order valence-corrected chi connectivity index (χ2v) is 8.35. The highest BCUT2D eigenvalue weighted by atomic mass is 35.5. The molecule has 1 N–H and O–H groups in total. The molecule has 2 aromatic rings. The van der Waals surface area contributed by atoms with Gasteiger partial charge in [-0.3, -0.25) is 9.69 Å². The highest BCUT2D eigenvalue weighted by Gasteiger charge is 2.33. The van der Waals surface area contributed by atoms with Crippen molar-refractivity contribution in [2.75, 3.05) is 6.54 Å². The molecule has 1 heterocycles. The maximum absolute atomic E-state index is 12.9. The number of hydrogen-bond donors (Lipinski definition) is 1. The van der Waals surface area contributed by atoms with Crippen molar-refractivity contribution < 1.29 is 9.90 Å². The Labute approximate surface area is 172 Å². The summed E-state index contributed by atoms with van der Waals surface area (Å²) in [6.07, 6.45) is 1.76. The van der Waals surface area contributed by atoms with E-state index in [0.29, 0.717) is 27.6 Å². The maximum Gasteiger partial charge on any atom is 0.266 e. The predicted molar refractivity (Wildman–Crippen MR) is 114 cm³/mol. The monoisotopic (exact) mass is 420 g/mol. The summed E-state index contributed by atoms with van der Waals surface area (Å²) in [6.45, 7) is 4.69. The molecule has 0 saturated carbocycles. The summed E-state index contributed by atoms with van der Waals surface area (Å²) in [5.41, 5.74) is 1.48. The Balaban J connectivity index is 1.95. The van der Waals surface area contributed by atoms with Crippen molar-refractivity contribution in [2.45, 2.75) is 13.8 Å². The number of rotatable bonds is 4. The van der Waals surface area contributed by atoms with Crippen LogP contribution in [0.3, 0.4) is 0 Å². The minimum atomic E-state index is -0.0920. The molecule has 1 fully saturated rings. The van der Waals surface area contributed by atoms with Gasteiger partial charge in [0.1, 0.15) is 5.75 Å². The molecule has 0 atom stereocenters. The Morgan fingerprint density at radius 1 is 1.19 bits per heavy atom. The lowest BCUT2D eigenvalue weighted by Gasteiger charge is -2.17. The fraction of sp³-hybridized carbons (Fsp3) is 0.200. The Morgan fingerprint density at radius 3 is 2.52 bits per heavy atom. The number of benzene rings is 2. The number of carbonyl (C=O) groups is 1. The van der Waals surface area contributed by atoms with Crippen molar-refractivity contribution in [3.63, 3.8) is 0 Å². The molecule has 0 radical (unpaired) electrons. The first-order chi connectivity index (χ1) is 12.8. The van der Waals surface area contributed by atoms with Crippen LogP contribution in [0.4, 0.5) is 5.69 Å². The molecule has 4 nitrogen and oxygen atoms in total. The zero-order valence-corrected chi connectivity index (χ0v) is 17.1. The average Bonchev–Trinajstić information content (AvgIpc) is 2.88. The Kier molecular flexibility index (Phi) is 6.15. The van der Waals surface area contributed by atoms with E-state index < -0.39 is 0 Å². The first-order valence-electron chi connectivity index (χ1n) is 8.37. The zero-order valence-electron chi connectivity index (χ0n) is 14.8. The number of aliphatic imine (C=N–C) groups is 1. The van der Waals surface area contributed by atoms with Crippen molar-refractivity contribution in [3.05, 3.63) is 63.0 Å². The van der Waals surface area contributed by atoms with Gasteiger partial charge in [-0.2, -0.15) is 0 Å². The van der Waals surface area contributed by atoms with E-state index in [4.69, 9.17) is 23.2 Å². The molecule has 0 aliphatic carbocycles. The molecule has 1 aliphatic rings. The molecule has 0 bridgehead atoms. The summed E-state index contributed by atoms with van der Waals surface area (Å²) in [7, 11) is 0. The molecule has 2 aromatic carbocycles. The van der Waals surface area contributed by atoms with Crippen LogP contribution in [0.1, 0.15) is 19.4 Å². The molecule has 1 saturated heterocycles. The Bertz CT molecular complexity index is 924. The molecule has 140 valence electrons. The molecule has 0 spiro atoms. The van der Waals surface area contributed by atoms with Gasteiger partial charge in [-0.15, -0.1) is 0 Å². The summed E-state index contributed by atoms with van der Waals surface area (Å²) >= 11 is 13.2. The molecule has 0 aromatic heterocycles. The van der Waals surface area contributed by atoms with Gasteiger partial charge in [0.15, 0.2) is 5.17 Å². The third-order valence-electron chi connectivity index (χ3n) is 3.76. The lowest BCUT2D eigenvalue weighted by Crippen LogP contribution is -2.32. The van der Waals surface area contributed by atoms with Gasteiger partial charge in [0.05, 0.1) is 15.6 Å². The SMILES string of the molecule is CC(C)CN1C(=O)/C(=C/c2ccc(O)c(Cl)c2)SC1=Nc1ccc(Cl)cc1. The van der Waals surface area contributed by atoms with Crippen molar-refractivity contribution in [1.29, 1.82) is 0 Å². The van der Waals surface area contributed by atoms with Gasteiger partial charge >= 0.3 is 0 Å². The second kappa shape index (κ2) is 8.38. The van der Waals surface area contributed by atoms with Crippen molar-refractivity contribution >= 4 is 57.8 Å². The third-order valence-corrected chi connectivity index (χ3v) is 5.32. The summed E-state index contributed by atoms with van der Waals surface area (Å²) in [6, 6.07) is 12.0. The van der Waals surface area contributed by atoms with Crippen LogP contribution in [0.15, 0.2) is 52.4 Å². The Hall–Kier alpha value is -1.95. The molecule has 3 rings (SSSR count). The van der Waals surface area contributed by atoms with Crippen LogP contribution in [0.5, 0.6) is 5.75 Å². The summed E-state index contributed by atoms with van der Waals surface area (Å²) in [4.78, 5) is 19.8. The fourth-order valence-corrected chi connectivity index (χ4v) is 3.83. The van der Waals surface area contributed by atoms with E-state index in [9.17, 15) is 9.90 Å². The maximum atomic E-state index is 12.9. The number of aromatic hydroxyl groups is 1. The molecule has 1 amide bonds. The van der Waals surface area contributed by atoms with Crippen LogP contribution in [0.2, 0.25) is 10.0 Å². The quantitative estimate of drug-likeness (QED) is 0.620. The number of halogens is 2. The molecular formula is C20H18Cl2N2O2S. The van der Waals surface area contributed by atoms with E-state index in [0.717, 1.165) is 11.3 Å². The first-order valence-corrected chi connectivity index (χ1v) is 9.95. The van der Waals surface area contributed by atoms with E-state index in [1.165, 1.54) is 17.8 Å². The van der Waals surface area contributed by atoms with Crippen LogP contribution in [0.25, 0.3) is 6.08 Å². The van der Waals surface area contributed by atoms with E-state index in [1.54, 1.807) is 35.2 Å². The highest BCUT2D eigenvalue weighted by Crippen LogP contribution is 2.35. The summed E-state index contributed by atoms with van der Waals surface area (Å²) in [5.74, 6) is 0.216. The number of phenols is 1. The van der Waals surface area contributed by atoms with Gasteiger partial charge in [-0.05, 0) is 65.7 Å². The predicted octanol–water partition coefficient (Wildman–Crippen LogP) is 5.96. The molecular weight excluding hydrogens is 403 g/mol. The van der Waals surface area contributed by atoms with E-state index >= 15 is 0 Å². The first kappa shape index (κ1) is 19.8. The number of nitrogens with zero attached hydrogens (tertiary/aromatic N) is 2. The van der Waals surface area contributed by atoms with Gasteiger partial charge in [-0.25, -0.2) is 4.99 Å². The van der Waals surface area contributed by atoms with Crippen LogP contribution < -0.4 is 0 Å². The minimum absolute atomic E-state index is 0.00985. The van der Waals surface area contributed by atoms with E-state index in [2.05, 4.69) is 18.8 Å². The largest absolute Gasteiger partial charge is 0.506 e. The molecule has 0 unspecified atom stereocenters. The lowest BCUT2D eigenvalue weighted by atomic mass is 10.2. The van der Waals surface area contributed by atoms with E-state index in [1.807, 2.05) is 12.1 Å². The zero-order chi connectivity index (χ0) is 19.6. The molecule has 7 heteroatoms. The van der Waals surface area contributed by atoms with Gasteiger partial charge in [0.25, 0.3) is 5.91 Å². The van der Waals surface area contributed by atoms with Crippen molar-refractivity contribution in [1.82, 2.24) is 4.90 Å². The fourth-order valence-electron chi connectivity index (χ4n) is 2.51.